The third-order valence-electron chi connectivity index (χ3n) is 3.69. The molecule has 20 heavy (non-hydrogen) atoms. The van der Waals surface area contributed by atoms with Crippen molar-refractivity contribution >= 4 is 37.6 Å². The largest absolute Gasteiger partial charge is 0.354 e. The number of rotatable bonds is 1. The Kier molecular flexibility index (Phi) is 2.64. The molecule has 4 rings (SSSR count). The predicted molar refractivity (Wildman–Crippen MR) is 88.9 cm³/mol. The molecule has 2 heteroatoms. The third kappa shape index (κ3) is 1.76. The van der Waals surface area contributed by atoms with Crippen LogP contribution in [0.1, 0.15) is 0 Å². The van der Waals surface area contributed by atoms with Gasteiger partial charge in [-0.15, -0.1) is 0 Å². The third-order valence-corrected chi connectivity index (χ3v) is 4.38. The Hall–Kier alpha value is -2.06. The second-order valence-corrected chi connectivity index (χ2v) is 5.77. The average Bonchev–Trinajstić information content (AvgIpc) is 2.92. The summed E-state index contributed by atoms with van der Waals surface area (Å²) in [6.45, 7) is 0. The van der Waals surface area contributed by atoms with Gasteiger partial charge in [-0.25, -0.2) is 0 Å². The van der Waals surface area contributed by atoms with Gasteiger partial charge in [0.2, 0.25) is 0 Å². The van der Waals surface area contributed by atoms with Gasteiger partial charge in [-0.1, -0.05) is 64.5 Å². The van der Waals surface area contributed by atoms with Crippen LogP contribution in [0.2, 0.25) is 0 Å². The second-order valence-electron chi connectivity index (χ2n) is 4.91. The van der Waals surface area contributed by atoms with Crippen molar-refractivity contribution in [2.45, 2.75) is 0 Å². The van der Waals surface area contributed by atoms with Crippen molar-refractivity contribution < 1.29 is 0 Å². The monoisotopic (exact) mass is 321 g/mol. The van der Waals surface area contributed by atoms with Crippen LogP contribution >= 0.6 is 15.9 Å². The molecule has 0 aliphatic rings. The smallest absolute Gasteiger partial charge is 0.0476 e. The van der Waals surface area contributed by atoms with E-state index in [0.29, 0.717) is 0 Å². The van der Waals surface area contributed by atoms with Crippen LogP contribution in [0.5, 0.6) is 0 Å². The summed E-state index contributed by atoms with van der Waals surface area (Å²) in [6.07, 6.45) is 0. The molecule has 0 spiro atoms. The van der Waals surface area contributed by atoms with E-state index in [4.69, 9.17) is 0 Å². The number of hydrogen-bond acceptors (Lipinski definition) is 0. The highest BCUT2D eigenvalue weighted by atomic mass is 79.9. The Morgan fingerprint density at radius 2 is 1.55 bits per heavy atom. The first kappa shape index (κ1) is 11.7. The Labute approximate surface area is 125 Å². The van der Waals surface area contributed by atoms with E-state index in [-0.39, 0.29) is 0 Å². The SMILES string of the molecule is Brc1ccccc1-c1cc2c(ccc3ccccc32)[nH]1. The lowest BCUT2D eigenvalue weighted by Crippen LogP contribution is -1.78. The first-order chi connectivity index (χ1) is 9.83. The zero-order valence-corrected chi connectivity index (χ0v) is 12.3. The number of nitrogens with one attached hydrogen (secondary N) is 1. The highest BCUT2D eigenvalue weighted by molar-refractivity contribution is 9.10. The van der Waals surface area contributed by atoms with Gasteiger partial charge in [-0.3, -0.25) is 0 Å². The number of H-pyrrole nitrogens is 1. The molecule has 1 nitrogen and oxygen atoms in total. The average molecular weight is 322 g/mol. The van der Waals surface area contributed by atoms with Crippen LogP contribution in [-0.2, 0) is 0 Å². The maximum Gasteiger partial charge on any atom is 0.0476 e. The number of benzene rings is 3. The van der Waals surface area contributed by atoms with Gasteiger partial charge in [0.05, 0.1) is 0 Å². The van der Waals surface area contributed by atoms with Crippen LogP contribution in [0.3, 0.4) is 0 Å². The van der Waals surface area contributed by atoms with E-state index in [9.17, 15) is 0 Å². The van der Waals surface area contributed by atoms with Crippen LogP contribution in [0.15, 0.2) is 71.2 Å². The summed E-state index contributed by atoms with van der Waals surface area (Å²) >= 11 is 3.62. The lowest BCUT2D eigenvalue weighted by atomic mass is 10.1. The minimum absolute atomic E-state index is 1.11. The minimum Gasteiger partial charge on any atom is -0.354 e. The highest BCUT2D eigenvalue weighted by Crippen LogP contribution is 2.33. The van der Waals surface area contributed by atoms with Crippen molar-refractivity contribution in [1.29, 1.82) is 0 Å². The zero-order valence-electron chi connectivity index (χ0n) is 10.7. The number of halogens is 1. The number of hydrogen-bond donors (Lipinski definition) is 1. The van der Waals surface area contributed by atoms with E-state index < -0.39 is 0 Å². The molecule has 0 aliphatic carbocycles. The fraction of sp³-hybridized carbons (Fsp3) is 0. The van der Waals surface area contributed by atoms with Crippen LogP contribution in [0.25, 0.3) is 32.9 Å². The van der Waals surface area contributed by atoms with Crippen molar-refractivity contribution in [3.63, 3.8) is 0 Å². The fourth-order valence-electron chi connectivity index (χ4n) is 2.71. The molecule has 0 fully saturated rings. The Morgan fingerprint density at radius 1 is 0.750 bits per heavy atom. The van der Waals surface area contributed by atoms with Crippen molar-refractivity contribution in [2.24, 2.45) is 0 Å². The van der Waals surface area contributed by atoms with Gasteiger partial charge in [0.1, 0.15) is 0 Å². The van der Waals surface area contributed by atoms with E-state index in [1.54, 1.807) is 0 Å². The zero-order chi connectivity index (χ0) is 13.5. The van der Waals surface area contributed by atoms with Gasteiger partial charge >= 0.3 is 0 Å². The van der Waals surface area contributed by atoms with Gasteiger partial charge in [-0.2, -0.15) is 0 Å². The van der Waals surface area contributed by atoms with Crippen LogP contribution in [0, 0.1) is 0 Å². The van der Waals surface area contributed by atoms with E-state index in [0.717, 1.165) is 10.2 Å². The maximum atomic E-state index is 3.62. The molecule has 0 radical (unpaired) electrons. The molecule has 0 aliphatic heterocycles. The van der Waals surface area contributed by atoms with Crippen LogP contribution in [-0.4, -0.2) is 4.98 Å². The van der Waals surface area contributed by atoms with Crippen molar-refractivity contribution in [3.05, 3.63) is 71.2 Å². The molecular weight excluding hydrogens is 310 g/mol. The highest BCUT2D eigenvalue weighted by Gasteiger charge is 2.08. The predicted octanol–water partition coefficient (Wildman–Crippen LogP) is 5.75. The fourth-order valence-corrected chi connectivity index (χ4v) is 3.21. The topological polar surface area (TPSA) is 15.8 Å². The lowest BCUT2D eigenvalue weighted by molar-refractivity contribution is 1.44. The maximum absolute atomic E-state index is 3.62. The summed E-state index contributed by atoms with van der Waals surface area (Å²) in [4.78, 5) is 3.51. The molecule has 0 saturated heterocycles. The van der Waals surface area contributed by atoms with E-state index in [2.05, 4.69) is 81.6 Å². The number of aromatic nitrogens is 1. The van der Waals surface area contributed by atoms with Gasteiger partial charge in [-0.05, 0) is 29.0 Å². The molecule has 0 bridgehead atoms. The second kappa shape index (κ2) is 4.50. The standard InChI is InChI=1S/C18H12BrN/c19-16-8-4-3-7-14(16)18-11-15-13-6-2-1-5-12(13)9-10-17(15)20-18/h1-11,20H. The van der Waals surface area contributed by atoms with E-state index in [1.807, 2.05) is 6.07 Å². The normalized spacial score (nSPS) is 11.2. The van der Waals surface area contributed by atoms with Crippen molar-refractivity contribution in [1.82, 2.24) is 4.98 Å². The van der Waals surface area contributed by atoms with Gasteiger partial charge in [0.25, 0.3) is 0 Å². The summed E-state index contributed by atoms with van der Waals surface area (Å²) in [5, 5.41) is 3.84. The molecular formula is C18H12BrN. The Bertz CT molecular complexity index is 921. The summed E-state index contributed by atoms with van der Waals surface area (Å²) in [6, 6.07) is 23.3. The minimum atomic E-state index is 1.11. The van der Waals surface area contributed by atoms with E-state index in [1.165, 1.54) is 27.2 Å². The molecule has 0 amide bonds. The van der Waals surface area contributed by atoms with Crippen LogP contribution in [0.4, 0.5) is 0 Å². The number of fused-ring (bicyclic) bond motifs is 3. The molecule has 0 atom stereocenters. The van der Waals surface area contributed by atoms with Gasteiger partial charge in [0.15, 0.2) is 0 Å². The summed E-state index contributed by atoms with van der Waals surface area (Å²) in [5.41, 5.74) is 3.51. The van der Waals surface area contributed by atoms with Gasteiger partial charge < -0.3 is 4.98 Å². The Balaban J connectivity index is 2.04. The van der Waals surface area contributed by atoms with Crippen LogP contribution < -0.4 is 0 Å². The first-order valence-corrected chi connectivity index (χ1v) is 7.37. The molecule has 96 valence electrons. The molecule has 1 heterocycles. The van der Waals surface area contributed by atoms with E-state index >= 15 is 0 Å². The number of aromatic amines is 1. The summed E-state index contributed by atoms with van der Waals surface area (Å²) in [5.74, 6) is 0. The summed E-state index contributed by atoms with van der Waals surface area (Å²) in [7, 11) is 0. The molecule has 1 aromatic heterocycles. The van der Waals surface area contributed by atoms with Gasteiger partial charge in [0, 0.05) is 26.6 Å². The molecule has 1 N–H and O–H groups in total. The summed E-state index contributed by atoms with van der Waals surface area (Å²) < 4.78 is 1.11. The molecule has 4 aromatic rings. The first-order valence-electron chi connectivity index (χ1n) is 6.58. The quantitative estimate of drug-likeness (QED) is 0.459. The molecule has 3 aromatic carbocycles. The van der Waals surface area contributed by atoms with Crippen molar-refractivity contribution in [2.75, 3.05) is 0 Å². The van der Waals surface area contributed by atoms with Crippen molar-refractivity contribution in [3.8, 4) is 11.3 Å². The Morgan fingerprint density at radius 3 is 2.45 bits per heavy atom. The molecule has 0 saturated carbocycles. The molecule has 0 unspecified atom stereocenters. The lowest BCUT2D eigenvalue weighted by Gasteiger charge is -2.00.